The molecule has 1 saturated heterocycles. The molecular weight excluding hydrogens is 116 g/mol. The molecule has 1 fully saturated rings. The van der Waals surface area contributed by atoms with Gasteiger partial charge in [0, 0.05) is 0 Å². The molecule has 0 aromatic rings. The quantitative estimate of drug-likeness (QED) is 0.492. The van der Waals surface area contributed by atoms with Crippen molar-refractivity contribution in [2.24, 2.45) is 5.41 Å². The largest absolute Gasteiger partial charge is 0.370 e. The average molecular weight is 128 g/mol. The molecule has 9 heavy (non-hydrogen) atoms. The molecule has 0 aromatic heterocycles. The summed E-state index contributed by atoms with van der Waals surface area (Å²) in [6, 6.07) is 0. The second-order valence-electron chi connectivity index (χ2n) is 3.35. The van der Waals surface area contributed by atoms with E-state index >= 15 is 0 Å². The number of ether oxygens (including phenoxy) is 1. The summed E-state index contributed by atoms with van der Waals surface area (Å²) in [5.74, 6) is 0. The van der Waals surface area contributed by atoms with Gasteiger partial charge in [-0.3, -0.25) is 0 Å². The highest BCUT2D eigenvalue weighted by atomic mass is 16.5. The lowest BCUT2D eigenvalue weighted by atomic mass is 9.91. The van der Waals surface area contributed by atoms with E-state index in [4.69, 9.17) is 4.74 Å². The smallest absolute Gasteiger partial charge is 0.148 e. The van der Waals surface area contributed by atoms with Gasteiger partial charge in [0.1, 0.15) is 12.4 Å². The fraction of sp³-hybridized carbons (Fsp3) is 0.857. The lowest BCUT2D eigenvalue weighted by molar-refractivity contribution is -0.115. The number of hydrogen-bond acceptors (Lipinski definition) is 2. The van der Waals surface area contributed by atoms with Crippen molar-refractivity contribution in [1.82, 2.24) is 0 Å². The molecule has 0 amide bonds. The second kappa shape index (κ2) is 2.10. The fourth-order valence-electron chi connectivity index (χ4n) is 1.08. The van der Waals surface area contributed by atoms with Crippen LogP contribution in [-0.2, 0) is 9.53 Å². The molecule has 0 bridgehead atoms. The molecule has 1 rings (SSSR count). The van der Waals surface area contributed by atoms with Crippen molar-refractivity contribution in [2.75, 3.05) is 6.61 Å². The first-order chi connectivity index (χ1) is 4.14. The Morgan fingerprint density at radius 1 is 1.67 bits per heavy atom. The monoisotopic (exact) mass is 128 g/mol. The predicted molar refractivity (Wildman–Crippen MR) is 34.2 cm³/mol. The van der Waals surface area contributed by atoms with Crippen LogP contribution in [0.25, 0.3) is 0 Å². The molecule has 0 aliphatic carbocycles. The minimum Gasteiger partial charge on any atom is -0.370 e. The summed E-state index contributed by atoms with van der Waals surface area (Å²) < 4.78 is 5.15. The molecule has 0 unspecified atom stereocenters. The van der Waals surface area contributed by atoms with Crippen LogP contribution < -0.4 is 0 Å². The molecule has 0 radical (unpaired) electrons. The Kier molecular flexibility index (Phi) is 1.58. The Balaban J connectivity index is 2.47. The van der Waals surface area contributed by atoms with E-state index in [1.165, 1.54) is 0 Å². The van der Waals surface area contributed by atoms with Gasteiger partial charge in [0.25, 0.3) is 0 Å². The number of aldehydes is 1. The summed E-state index contributed by atoms with van der Waals surface area (Å²) in [7, 11) is 0. The van der Waals surface area contributed by atoms with Crippen molar-refractivity contribution in [3.63, 3.8) is 0 Å². The lowest BCUT2D eigenvalue weighted by Gasteiger charge is -2.11. The SMILES string of the molecule is CC1(C)CO[C@@H](C=O)C1. The van der Waals surface area contributed by atoms with E-state index in [0.717, 1.165) is 19.3 Å². The highest BCUT2D eigenvalue weighted by Gasteiger charge is 2.31. The summed E-state index contributed by atoms with van der Waals surface area (Å²) in [5, 5.41) is 0. The molecule has 1 atom stereocenters. The van der Waals surface area contributed by atoms with Gasteiger partial charge >= 0.3 is 0 Å². The lowest BCUT2D eigenvalue weighted by Crippen LogP contribution is -2.10. The van der Waals surface area contributed by atoms with Gasteiger partial charge in [-0.25, -0.2) is 0 Å². The molecule has 2 nitrogen and oxygen atoms in total. The standard InChI is InChI=1S/C7H12O2/c1-7(2)3-6(4-8)9-5-7/h4,6H,3,5H2,1-2H3/t6-/m1/s1. The third kappa shape index (κ3) is 1.52. The Morgan fingerprint density at radius 3 is 2.56 bits per heavy atom. The summed E-state index contributed by atoms with van der Waals surface area (Å²) in [6.45, 7) is 4.93. The number of hydrogen-bond donors (Lipinski definition) is 0. The van der Waals surface area contributed by atoms with Crippen LogP contribution in [-0.4, -0.2) is 19.0 Å². The maximum Gasteiger partial charge on any atom is 0.148 e. The van der Waals surface area contributed by atoms with Gasteiger partial charge in [0.15, 0.2) is 0 Å². The van der Waals surface area contributed by atoms with Crippen molar-refractivity contribution >= 4 is 6.29 Å². The molecule has 52 valence electrons. The summed E-state index contributed by atoms with van der Waals surface area (Å²) in [6.07, 6.45) is 1.62. The van der Waals surface area contributed by atoms with Crippen LogP contribution >= 0.6 is 0 Å². The van der Waals surface area contributed by atoms with E-state index in [1.807, 2.05) is 0 Å². The molecular formula is C7H12O2. The predicted octanol–water partition coefficient (Wildman–Crippen LogP) is 1.00. The molecule has 1 aliphatic rings. The fourth-order valence-corrected chi connectivity index (χ4v) is 1.08. The Labute approximate surface area is 55.2 Å². The van der Waals surface area contributed by atoms with Gasteiger partial charge < -0.3 is 9.53 Å². The molecule has 1 aliphatic heterocycles. The van der Waals surface area contributed by atoms with Crippen molar-refractivity contribution in [3.05, 3.63) is 0 Å². The highest BCUT2D eigenvalue weighted by molar-refractivity contribution is 5.56. The molecule has 1 heterocycles. The van der Waals surface area contributed by atoms with Crippen LogP contribution in [0.5, 0.6) is 0 Å². The minimum atomic E-state index is -0.139. The van der Waals surface area contributed by atoms with Crippen LogP contribution in [0.3, 0.4) is 0 Å². The number of carbonyl (C=O) groups excluding carboxylic acids is 1. The topological polar surface area (TPSA) is 26.3 Å². The normalized spacial score (nSPS) is 32.4. The molecule has 0 N–H and O–H groups in total. The van der Waals surface area contributed by atoms with Gasteiger partial charge in [-0.15, -0.1) is 0 Å². The zero-order chi connectivity index (χ0) is 6.91. The van der Waals surface area contributed by atoms with Gasteiger partial charge in [-0.05, 0) is 11.8 Å². The van der Waals surface area contributed by atoms with E-state index in [9.17, 15) is 4.79 Å². The second-order valence-corrected chi connectivity index (χ2v) is 3.35. The van der Waals surface area contributed by atoms with E-state index in [-0.39, 0.29) is 11.5 Å². The third-order valence-corrected chi connectivity index (χ3v) is 1.59. The number of carbonyl (C=O) groups is 1. The van der Waals surface area contributed by atoms with Crippen molar-refractivity contribution in [1.29, 1.82) is 0 Å². The molecule has 0 saturated carbocycles. The van der Waals surface area contributed by atoms with Crippen LogP contribution in [0.4, 0.5) is 0 Å². The van der Waals surface area contributed by atoms with Gasteiger partial charge in [0.05, 0.1) is 6.61 Å². The Bertz CT molecular complexity index is 118. The van der Waals surface area contributed by atoms with Crippen LogP contribution in [0.2, 0.25) is 0 Å². The first kappa shape index (κ1) is 6.75. The summed E-state index contributed by atoms with van der Waals surface area (Å²) in [5.41, 5.74) is 0.214. The van der Waals surface area contributed by atoms with Crippen LogP contribution in [0, 0.1) is 5.41 Å². The molecule has 0 aromatic carbocycles. The van der Waals surface area contributed by atoms with Crippen LogP contribution in [0.1, 0.15) is 20.3 Å². The van der Waals surface area contributed by atoms with E-state index in [1.54, 1.807) is 0 Å². The summed E-state index contributed by atoms with van der Waals surface area (Å²) >= 11 is 0. The Morgan fingerprint density at radius 2 is 2.33 bits per heavy atom. The highest BCUT2D eigenvalue weighted by Crippen LogP contribution is 2.29. The van der Waals surface area contributed by atoms with Crippen LogP contribution in [0.15, 0.2) is 0 Å². The van der Waals surface area contributed by atoms with Gasteiger partial charge in [0.2, 0.25) is 0 Å². The average Bonchev–Trinajstić information content (AvgIpc) is 2.10. The Hall–Kier alpha value is -0.370. The van der Waals surface area contributed by atoms with Crippen molar-refractivity contribution in [2.45, 2.75) is 26.4 Å². The van der Waals surface area contributed by atoms with Crippen molar-refractivity contribution < 1.29 is 9.53 Å². The molecule has 0 spiro atoms. The van der Waals surface area contributed by atoms with E-state index < -0.39 is 0 Å². The summed E-state index contributed by atoms with van der Waals surface area (Å²) in [4.78, 5) is 10.2. The van der Waals surface area contributed by atoms with E-state index in [0.29, 0.717) is 0 Å². The van der Waals surface area contributed by atoms with Crippen molar-refractivity contribution in [3.8, 4) is 0 Å². The number of rotatable bonds is 1. The first-order valence-corrected chi connectivity index (χ1v) is 3.21. The zero-order valence-electron chi connectivity index (χ0n) is 5.89. The minimum absolute atomic E-state index is 0.139. The maximum absolute atomic E-state index is 10.2. The first-order valence-electron chi connectivity index (χ1n) is 3.21. The zero-order valence-corrected chi connectivity index (χ0v) is 5.89. The maximum atomic E-state index is 10.2. The van der Waals surface area contributed by atoms with E-state index in [2.05, 4.69) is 13.8 Å². The van der Waals surface area contributed by atoms with Gasteiger partial charge in [-0.1, -0.05) is 13.8 Å². The molecule has 2 heteroatoms. The third-order valence-electron chi connectivity index (χ3n) is 1.59. The van der Waals surface area contributed by atoms with Gasteiger partial charge in [-0.2, -0.15) is 0 Å².